The van der Waals surface area contributed by atoms with E-state index in [1.54, 1.807) is 6.08 Å². The second-order valence-electron chi connectivity index (χ2n) is 5.61. The van der Waals surface area contributed by atoms with Crippen molar-refractivity contribution in [2.75, 3.05) is 0 Å². The molecule has 0 aliphatic rings. The Morgan fingerprint density at radius 2 is 1.29 bits per heavy atom. The van der Waals surface area contributed by atoms with E-state index in [1.807, 2.05) is 6.08 Å². The van der Waals surface area contributed by atoms with Crippen LogP contribution in [0.3, 0.4) is 0 Å². The minimum atomic E-state index is -1.28. The standard InChI is InChI=1S/C18H32O3/c1-2-3-4-5-6-7-8-9-10-11-12-13-14-15-16-17(19)18(20)21/h14-16,19H,2-13H2,1H3,(H,20,21)/b15-14+,17-16-. The van der Waals surface area contributed by atoms with Gasteiger partial charge in [-0.1, -0.05) is 83.3 Å². The van der Waals surface area contributed by atoms with E-state index in [4.69, 9.17) is 10.2 Å². The molecule has 0 spiro atoms. The molecular formula is C18H32O3. The molecule has 0 atom stereocenters. The predicted molar refractivity (Wildman–Crippen MR) is 88.6 cm³/mol. The van der Waals surface area contributed by atoms with Gasteiger partial charge in [-0.05, 0) is 18.9 Å². The Morgan fingerprint density at radius 3 is 1.76 bits per heavy atom. The van der Waals surface area contributed by atoms with Crippen molar-refractivity contribution < 1.29 is 15.0 Å². The van der Waals surface area contributed by atoms with E-state index >= 15 is 0 Å². The highest BCUT2D eigenvalue weighted by Gasteiger charge is 1.99. The normalized spacial score (nSPS) is 12.1. The largest absolute Gasteiger partial charge is 0.502 e. The van der Waals surface area contributed by atoms with E-state index in [0.29, 0.717) is 0 Å². The minimum absolute atomic E-state index is 0.606. The maximum Gasteiger partial charge on any atom is 0.370 e. The lowest BCUT2D eigenvalue weighted by molar-refractivity contribution is -0.135. The zero-order valence-electron chi connectivity index (χ0n) is 13.5. The van der Waals surface area contributed by atoms with Crippen LogP contribution in [-0.2, 0) is 4.79 Å². The van der Waals surface area contributed by atoms with Gasteiger partial charge in [0.15, 0.2) is 0 Å². The summed E-state index contributed by atoms with van der Waals surface area (Å²) in [6.07, 6.45) is 20.3. The van der Waals surface area contributed by atoms with Crippen LogP contribution in [0.2, 0.25) is 0 Å². The molecular weight excluding hydrogens is 264 g/mol. The summed E-state index contributed by atoms with van der Waals surface area (Å²) >= 11 is 0. The maximum atomic E-state index is 10.3. The Kier molecular flexibility index (Phi) is 14.2. The van der Waals surface area contributed by atoms with Crippen molar-refractivity contribution in [2.24, 2.45) is 0 Å². The van der Waals surface area contributed by atoms with Crippen LogP contribution in [0.15, 0.2) is 24.0 Å². The van der Waals surface area contributed by atoms with Crippen molar-refractivity contribution >= 4 is 5.97 Å². The fourth-order valence-electron chi connectivity index (χ4n) is 2.25. The summed E-state index contributed by atoms with van der Waals surface area (Å²) in [6.45, 7) is 2.25. The van der Waals surface area contributed by atoms with E-state index in [1.165, 1.54) is 70.3 Å². The third-order valence-corrected chi connectivity index (χ3v) is 3.58. The second kappa shape index (κ2) is 15.1. The lowest BCUT2D eigenvalue weighted by Crippen LogP contribution is -1.97. The molecule has 0 rings (SSSR count). The fourth-order valence-corrected chi connectivity index (χ4v) is 2.25. The van der Waals surface area contributed by atoms with Crippen molar-refractivity contribution in [3.05, 3.63) is 24.0 Å². The van der Waals surface area contributed by atoms with Gasteiger partial charge < -0.3 is 10.2 Å². The first kappa shape index (κ1) is 19.8. The van der Waals surface area contributed by atoms with E-state index in [9.17, 15) is 4.79 Å². The summed E-state index contributed by atoms with van der Waals surface area (Å²) in [5.41, 5.74) is 0. The lowest BCUT2D eigenvalue weighted by atomic mass is 10.1. The van der Waals surface area contributed by atoms with Gasteiger partial charge >= 0.3 is 5.97 Å². The van der Waals surface area contributed by atoms with Gasteiger partial charge in [0.25, 0.3) is 0 Å². The molecule has 0 aromatic heterocycles. The van der Waals surface area contributed by atoms with Crippen LogP contribution in [0.1, 0.15) is 84.0 Å². The Bertz CT molecular complexity index is 306. The average molecular weight is 296 g/mol. The maximum absolute atomic E-state index is 10.3. The SMILES string of the molecule is CCCCCCCCCCCCC/C=C/C=C(\O)C(=O)O. The molecule has 3 nitrogen and oxygen atoms in total. The number of hydrogen-bond donors (Lipinski definition) is 2. The summed E-state index contributed by atoms with van der Waals surface area (Å²) in [7, 11) is 0. The van der Waals surface area contributed by atoms with Crippen LogP contribution in [0.5, 0.6) is 0 Å². The zero-order valence-corrected chi connectivity index (χ0v) is 13.5. The number of aliphatic hydroxyl groups excluding tert-OH is 1. The molecule has 0 saturated carbocycles. The number of allylic oxidation sites excluding steroid dienone is 3. The number of carbonyl (C=O) groups is 1. The molecule has 0 heterocycles. The van der Waals surface area contributed by atoms with Crippen LogP contribution in [0, 0.1) is 0 Å². The summed E-state index contributed by atoms with van der Waals surface area (Å²) in [5, 5.41) is 17.4. The second-order valence-corrected chi connectivity index (χ2v) is 5.61. The third-order valence-electron chi connectivity index (χ3n) is 3.58. The fraction of sp³-hybridized carbons (Fsp3) is 0.722. The molecule has 21 heavy (non-hydrogen) atoms. The average Bonchev–Trinajstić information content (AvgIpc) is 2.47. The van der Waals surface area contributed by atoms with Gasteiger partial charge in [0.05, 0.1) is 0 Å². The van der Waals surface area contributed by atoms with Crippen LogP contribution in [-0.4, -0.2) is 16.2 Å². The summed E-state index contributed by atoms with van der Waals surface area (Å²) in [4.78, 5) is 10.3. The molecule has 0 aliphatic carbocycles. The zero-order chi connectivity index (χ0) is 15.8. The molecule has 122 valence electrons. The van der Waals surface area contributed by atoms with E-state index in [2.05, 4.69) is 6.92 Å². The summed E-state index contributed by atoms with van der Waals surface area (Å²) in [6, 6.07) is 0. The lowest BCUT2D eigenvalue weighted by Gasteiger charge is -2.01. The Labute approximate surface area is 129 Å². The number of unbranched alkanes of at least 4 members (excludes halogenated alkanes) is 11. The molecule has 0 radical (unpaired) electrons. The molecule has 0 bridgehead atoms. The van der Waals surface area contributed by atoms with Gasteiger partial charge in [0.1, 0.15) is 0 Å². The van der Waals surface area contributed by atoms with Gasteiger partial charge in [-0.2, -0.15) is 0 Å². The van der Waals surface area contributed by atoms with E-state index < -0.39 is 11.7 Å². The number of carboxylic acid groups (broad SMARTS) is 1. The van der Waals surface area contributed by atoms with Gasteiger partial charge in [0, 0.05) is 0 Å². The van der Waals surface area contributed by atoms with E-state index in [0.717, 1.165) is 12.8 Å². The number of aliphatic carboxylic acids is 1. The predicted octanol–water partition coefficient (Wildman–Crippen LogP) is 5.77. The first-order valence-corrected chi connectivity index (χ1v) is 8.47. The van der Waals surface area contributed by atoms with Crippen molar-refractivity contribution in [3.8, 4) is 0 Å². The number of hydrogen-bond acceptors (Lipinski definition) is 2. The van der Waals surface area contributed by atoms with Crippen molar-refractivity contribution in [1.29, 1.82) is 0 Å². The molecule has 0 saturated heterocycles. The molecule has 2 N–H and O–H groups in total. The monoisotopic (exact) mass is 296 g/mol. The number of carboxylic acids is 1. The van der Waals surface area contributed by atoms with Crippen LogP contribution in [0.25, 0.3) is 0 Å². The molecule has 0 aromatic rings. The quantitative estimate of drug-likeness (QED) is 0.185. The first-order chi connectivity index (χ1) is 10.2. The summed E-state index contributed by atoms with van der Waals surface area (Å²) < 4.78 is 0. The summed E-state index contributed by atoms with van der Waals surface area (Å²) in [5.74, 6) is -1.89. The number of rotatable bonds is 14. The smallest absolute Gasteiger partial charge is 0.370 e. The molecule has 0 aromatic carbocycles. The highest BCUT2D eigenvalue weighted by atomic mass is 16.4. The van der Waals surface area contributed by atoms with Crippen molar-refractivity contribution in [3.63, 3.8) is 0 Å². The van der Waals surface area contributed by atoms with Crippen LogP contribution in [0.4, 0.5) is 0 Å². The first-order valence-electron chi connectivity index (χ1n) is 8.47. The molecule has 0 amide bonds. The highest BCUT2D eigenvalue weighted by Crippen LogP contribution is 2.12. The van der Waals surface area contributed by atoms with Crippen molar-refractivity contribution in [2.45, 2.75) is 84.0 Å². The Hall–Kier alpha value is -1.25. The molecule has 0 fully saturated rings. The number of aliphatic hydroxyl groups is 1. The van der Waals surface area contributed by atoms with Crippen LogP contribution >= 0.6 is 0 Å². The van der Waals surface area contributed by atoms with Gasteiger partial charge in [-0.15, -0.1) is 0 Å². The van der Waals surface area contributed by atoms with Gasteiger partial charge in [-0.25, -0.2) is 4.79 Å². The molecule has 0 aliphatic heterocycles. The van der Waals surface area contributed by atoms with Gasteiger partial charge in [0.2, 0.25) is 5.76 Å². The topological polar surface area (TPSA) is 57.5 Å². The minimum Gasteiger partial charge on any atom is -0.502 e. The van der Waals surface area contributed by atoms with Crippen LogP contribution < -0.4 is 0 Å². The Morgan fingerprint density at radius 1 is 0.810 bits per heavy atom. The Balaban J connectivity index is 3.24. The molecule has 3 heteroatoms. The van der Waals surface area contributed by atoms with Gasteiger partial charge in [-0.3, -0.25) is 0 Å². The van der Waals surface area contributed by atoms with E-state index in [-0.39, 0.29) is 0 Å². The van der Waals surface area contributed by atoms with Crippen molar-refractivity contribution in [1.82, 2.24) is 0 Å². The molecule has 0 unspecified atom stereocenters. The highest BCUT2D eigenvalue weighted by molar-refractivity contribution is 5.83. The third kappa shape index (κ3) is 15.0.